The summed E-state index contributed by atoms with van der Waals surface area (Å²) in [6.45, 7) is 6.47. The van der Waals surface area contributed by atoms with Gasteiger partial charge in [0.25, 0.3) is 10.1 Å². The van der Waals surface area contributed by atoms with Crippen molar-refractivity contribution >= 4 is 10.1 Å². The minimum absolute atomic E-state index is 0.176. The number of hydrogen-bond acceptors (Lipinski definition) is 3. The maximum absolute atomic E-state index is 10.0. The predicted octanol–water partition coefficient (Wildman–Crippen LogP) is 0.415. The Morgan fingerprint density at radius 3 is 2.00 bits per heavy atom. The van der Waals surface area contributed by atoms with E-state index in [4.69, 9.17) is 10.3 Å². The lowest BCUT2D eigenvalue weighted by Crippen LogP contribution is -2.06. The highest BCUT2D eigenvalue weighted by atomic mass is 32.2. The van der Waals surface area contributed by atoms with Gasteiger partial charge in [-0.15, -0.1) is 13.2 Å². The van der Waals surface area contributed by atoms with Crippen LogP contribution in [-0.4, -0.2) is 25.3 Å². The zero-order chi connectivity index (χ0) is 9.33. The molecular formula is C6H15NO3S. The molecule has 4 nitrogen and oxygen atoms in total. The molecule has 0 aromatic rings. The molecule has 0 saturated heterocycles. The Bertz CT molecular complexity index is 165. The molecule has 0 aliphatic rings. The summed E-state index contributed by atoms with van der Waals surface area (Å²) >= 11 is 0. The molecule has 0 amide bonds. The van der Waals surface area contributed by atoms with E-state index >= 15 is 0 Å². The van der Waals surface area contributed by atoms with E-state index in [2.05, 4.69) is 13.2 Å². The summed E-state index contributed by atoms with van der Waals surface area (Å²) in [7, 11) is -3.75. The average Bonchev–Trinajstić information content (AvgIpc) is 1.90. The second kappa shape index (κ2) is 7.71. The topological polar surface area (TPSA) is 80.4 Å². The van der Waals surface area contributed by atoms with Crippen molar-refractivity contribution in [3.8, 4) is 0 Å². The first-order valence-corrected chi connectivity index (χ1v) is 4.82. The van der Waals surface area contributed by atoms with Gasteiger partial charge in [0, 0.05) is 0 Å². The fourth-order valence-corrected chi connectivity index (χ4v) is 0.998. The molecular weight excluding hydrogens is 166 g/mol. The lowest BCUT2D eigenvalue weighted by atomic mass is 10.3. The zero-order valence-electron chi connectivity index (χ0n) is 6.49. The molecule has 0 aliphatic carbocycles. The molecule has 0 radical (unpaired) electrons. The molecule has 3 N–H and O–H groups in total. The fraction of sp³-hybridized carbons (Fsp3) is 0.667. The predicted molar refractivity (Wildman–Crippen MR) is 46.0 cm³/mol. The standard InChI is InChI=1S/C4H11NO3S.C2H4/c5-3-1-2-4-9(6,7)8;1-2/h1-5H2,(H,6,7,8);1-2H2. The van der Waals surface area contributed by atoms with Crippen LogP contribution in [0.5, 0.6) is 0 Å². The van der Waals surface area contributed by atoms with Crippen molar-refractivity contribution in [2.75, 3.05) is 12.3 Å². The van der Waals surface area contributed by atoms with E-state index in [-0.39, 0.29) is 5.75 Å². The Hall–Kier alpha value is -0.390. The van der Waals surface area contributed by atoms with Gasteiger partial charge in [-0.2, -0.15) is 8.42 Å². The summed E-state index contributed by atoms with van der Waals surface area (Å²) in [4.78, 5) is 0. The van der Waals surface area contributed by atoms with Gasteiger partial charge in [-0.25, -0.2) is 0 Å². The number of nitrogens with two attached hydrogens (primary N) is 1. The summed E-state index contributed by atoms with van der Waals surface area (Å²) in [5, 5.41) is 0. The van der Waals surface area contributed by atoms with E-state index in [1.54, 1.807) is 0 Å². The van der Waals surface area contributed by atoms with E-state index in [0.29, 0.717) is 19.4 Å². The largest absolute Gasteiger partial charge is 0.330 e. The third-order valence-corrected chi connectivity index (χ3v) is 1.66. The minimum atomic E-state index is -3.75. The first-order chi connectivity index (χ1) is 5.06. The molecule has 0 atom stereocenters. The molecule has 0 rings (SSSR count). The molecule has 5 heteroatoms. The Morgan fingerprint density at radius 1 is 1.27 bits per heavy atom. The van der Waals surface area contributed by atoms with Gasteiger partial charge >= 0.3 is 0 Å². The van der Waals surface area contributed by atoms with E-state index < -0.39 is 10.1 Å². The van der Waals surface area contributed by atoms with E-state index in [9.17, 15) is 8.42 Å². The van der Waals surface area contributed by atoms with Gasteiger partial charge in [0.1, 0.15) is 0 Å². The summed E-state index contributed by atoms with van der Waals surface area (Å²) in [6, 6.07) is 0. The van der Waals surface area contributed by atoms with Crippen LogP contribution in [0.15, 0.2) is 13.2 Å². The van der Waals surface area contributed by atoms with Crippen molar-refractivity contribution in [1.82, 2.24) is 0 Å². The van der Waals surface area contributed by atoms with Crippen LogP contribution in [0.4, 0.5) is 0 Å². The Morgan fingerprint density at radius 2 is 1.73 bits per heavy atom. The van der Waals surface area contributed by atoms with Gasteiger partial charge in [-0.05, 0) is 19.4 Å². The zero-order valence-corrected chi connectivity index (χ0v) is 7.31. The highest BCUT2D eigenvalue weighted by Crippen LogP contribution is 1.90. The monoisotopic (exact) mass is 181 g/mol. The summed E-state index contributed by atoms with van der Waals surface area (Å²) in [5.41, 5.74) is 5.08. The quantitative estimate of drug-likeness (QED) is 0.374. The fourth-order valence-electron chi connectivity index (χ4n) is 0.429. The molecule has 0 fully saturated rings. The van der Waals surface area contributed by atoms with Gasteiger partial charge in [-0.3, -0.25) is 4.55 Å². The lowest BCUT2D eigenvalue weighted by Gasteiger charge is -1.93. The van der Waals surface area contributed by atoms with Crippen molar-refractivity contribution in [2.24, 2.45) is 5.73 Å². The van der Waals surface area contributed by atoms with Gasteiger partial charge in [0.05, 0.1) is 5.75 Å². The van der Waals surface area contributed by atoms with Gasteiger partial charge < -0.3 is 5.73 Å². The Balaban J connectivity index is 0. The minimum Gasteiger partial charge on any atom is -0.330 e. The Kier molecular flexibility index (Phi) is 9.27. The second-order valence-corrected chi connectivity index (χ2v) is 3.35. The molecule has 0 heterocycles. The molecule has 0 spiro atoms. The summed E-state index contributed by atoms with van der Waals surface area (Å²) in [6.07, 6.45) is 1.08. The van der Waals surface area contributed by atoms with Crippen LogP contribution in [0, 0.1) is 0 Å². The molecule has 0 saturated carbocycles. The van der Waals surface area contributed by atoms with Crippen LogP contribution >= 0.6 is 0 Å². The smallest absolute Gasteiger partial charge is 0.264 e. The van der Waals surface area contributed by atoms with Crippen LogP contribution in [0.3, 0.4) is 0 Å². The van der Waals surface area contributed by atoms with Crippen LogP contribution < -0.4 is 5.73 Å². The molecule has 0 aliphatic heterocycles. The third-order valence-electron chi connectivity index (χ3n) is 0.856. The molecule has 68 valence electrons. The highest BCUT2D eigenvalue weighted by Gasteiger charge is 2.01. The first-order valence-electron chi connectivity index (χ1n) is 3.21. The van der Waals surface area contributed by atoms with Crippen molar-refractivity contribution in [3.63, 3.8) is 0 Å². The number of unbranched alkanes of at least 4 members (excludes halogenated alkanes) is 1. The molecule has 0 bridgehead atoms. The number of hydrogen-bond donors (Lipinski definition) is 2. The second-order valence-electron chi connectivity index (χ2n) is 1.78. The lowest BCUT2D eigenvalue weighted by molar-refractivity contribution is 0.480. The molecule has 11 heavy (non-hydrogen) atoms. The average molecular weight is 181 g/mol. The van der Waals surface area contributed by atoms with E-state index in [0.717, 1.165) is 0 Å². The third kappa shape index (κ3) is 17.7. The SMILES string of the molecule is C=C.NCCCCS(=O)(=O)O. The Labute approximate surface area is 67.8 Å². The highest BCUT2D eigenvalue weighted by molar-refractivity contribution is 7.85. The molecule has 0 aromatic heterocycles. The van der Waals surface area contributed by atoms with E-state index in [1.165, 1.54) is 0 Å². The maximum Gasteiger partial charge on any atom is 0.264 e. The van der Waals surface area contributed by atoms with Gasteiger partial charge in [0.15, 0.2) is 0 Å². The van der Waals surface area contributed by atoms with Crippen LogP contribution in [0.1, 0.15) is 12.8 Å². The maximum atomic E-state index is 10.0. The molecule has 0 unspecified atom stereocenters. The van der Waals surface area contributed by atoms with Crippen molar-refractivity contribution in [2.45, 2.75) is 12.8 Å². The summed E-state index contributed by atoms with van der Waals surface area (Å²) in [5.74, 6) is -0.176. The van der Waals surface area contributed by atoms with Gasteiger partial charge in [0.2, 0.25) is 0 Å². The van der Waals surface area contributed by atoms with Crippen LogP contribution in [-0.2, 0) is 10.1 Å². The van der Waals surface area contributed by atoms with Crippen molar-refractivity contribution in [3.05, 3.63) is 13.2 Å². The first kappa shape index (κ1) is 13.2. The normalized spacial score (nSPS) is 10.0. The van der Waals surface area contributed by atoms with Crippen molar-refractivity contribution in [1.29, 1.82) is 0 Å². The van der Waals surface area contributed by atoms with Crippen LogP contribution in [0.25, 0.3) is 0 Å². The van der Waals surface area contributed by atoms with Gasteiger partial charge in [-0.1, -0.05) is 0 Å². The molecule has 0 aromatic carbocycles. The number of rotatable bonds is 4. The van der Waals surface area contributed by atoms with E-state index in [1.807, 2.05) is 0 Å². The van der Waals surface area contributed by atoms with Crippen LogP contribution in [0.2, 0.25) is 0 Å². The van der Waals surface area contributed by atoms with Crippen molar-refractivity contribution < 1.29 is 13.0 Å². The summed E-state index contributed by atoms with van der Waals surface area (Å²) < 4.78 is 28.2.